The third-order valence-electron chi connectivity index (χ3n) is 4.06. The third kappa shape index (κ3) is 1.69. The fourth-order valence-corrected chi connectivity index (χ4v) is 3.13. The molecule has 0 aromatic heterocycles. The topological polar surface area (TPSA) is 58.6 Å². The van der Waals surface area contributed by atoms with Crippen molar-refractivity contribution in [3.63, 3.8) is 0 Å². The quantitative estimate of drug-likeness (QED) is 0.661. The summed E-state index contributed by atoms with van der Waals surface area (Å²) < 4.78 is 5.19. The van der Waals surface area contributed by atoms with Crippen LogP contribution in [0, 0.1) is 0 Å². The molecule has 1 fully saturated rings. The average Bonchev–Trinajstić information content (AvgIpc) is 2.47. The Balaban J connectivity index is 2.10. The molecule has 0 aliphatic carbocycles. The molecule has 0 saturated carbocycles. The van der Waals surface area contributed by atoms with Crippen LogP contribution in [0.15, 0.2) is 24.3 Å². The first-order chi connectivity index (χ1) is 9.70. The van der Waals surface area contributed by atoms with E-state index in [0.29, 0.717) is 13.0 Å². The summed E-state index contributed by atoms with van der Waals surface area (Å²) in [6, 6.07) is 7.59. The molecule has 0 spiro atoms. The van der Waals surface area contributed by atoms with E-state index >= 15 is 0 Å². The van der Waals surface area contributed by atoms with Gasteiger partial charge in [0.1, 0.15) is 0 Å². The molecule has 0 radical (unpaired) electrons. The summed E-state index contributed by atoms with van der Waals surface area (Å²) in [7, 11) is 0. The number of rotatable bonds is 2. The summed E-state index contributed by atoms with van der Waals surface area (Å²) in [5.74, 6) is -0.707. The summed E-state index contributed by atoms with van der Waals surface area (Å²) in [6.45, 7) is 2.74. The zero-order chi connectivity index (χ0) is 14.2. The molecule has 106 valence electrons. The molecular weight excluding hydrogens is 256 g/mol. The SMILES string of the molecule is CCOC(=O)C12CCCCN1c1ccccc1NC2=O. The van der Waals surface area contributed by atoms with Crippen molar-refractivity contribution in [2.75, 3.05) is 23.4 Å². The molecule has 2 aliphatic heterocycles. The van der Waals surface area contributed by atoms with E-state index in [0.717, 1.165) is 24.2 Å². The highest BCUT2D eigenvalue weighted by Gasteiger charge is 2.56. The van der Waals surface area contributed by atoms with Crippen LogP contribution in [0.5, 0.6) is 0 Å². The molecule has 1 saturated heterocycles. The van der Waals surface area contributed by atoms with Gasteiger partial charge in [-0.15, -0.1) is 0 Å². The second-order valence-corrected chi connectivity index (χ2v) is 5.16. The number of hydrogen-bond acceptors (Lipinski definition) is 4. The van der Waals surface area contributed by atoms with Crippen LogP contribution < -0.4 is 10.2 Å². The number of nitrogens with zero attached hydrogens (tertiary/aromatic N) is 1. The Kier molecular flexibility index (Phi) is 3.12. The van der Waals surface area contributed by atoms with Gasteiger partial charge < -0.3 is 15.0 Å². The maximum atomic E-state index is 12.6. The van der Waals surface area contributed by atoms with Crippen LogP contribution in [-0.2, 0) is 14.3 Å². The van der Waals surface area contributed by atoms with Crippen LogP contribution in [0.3, 0.4) is 0 Å². The first-order valence-corrected chi connectivity index (χ1v) is 7.05. The molecular formula is C15H18N2O3. The zero-order valence-electron chi connectivity index (χ0n) is 11.5. The van der Waals surface area contributed by atoms with Crippen LogP contribution in [-0.4, -0.2) is 30.6 Å². The van der Waals surface area contributed by atoms with E-state index in [4.69, 9.17) is 4.74 Å². The third-order valence-corrected chi connectivity index (χ3v) is 4.06. The highest BCUT2D eigenvalue weighted by Crippen LogP contribution is 2.42. The van der Waals surface area contributed by atoms with E-state index < -0.39 is 11.5 Å². The summed E-state index contributed by atoms with van der Waals surface area (Å²) >= 11 is 0. The van der Waals surface area contributed by atoms with Crippen LogP contribution >= 0.6 is 0 Å². The van der Waals surface area contributed by atoms with Gasteiger partial charge in [-0.3, -0.25) is 4.79 Å². The predicted octanol–water partition coefficient (Wildman–Crippen LogP) is 1.93. The van der Waals surface area contributed by atoms with Gasteiger partial charge in [0.05, 0.1) is 18.0 Å². The Morgan fingerprint density at radius 1 is 1.40 bits per heavy atom. The summed E-state index contributed by atoms with van der Waals surface area (Å²) in [5.41, 5.74) is 0.474. The number of hydrogen-bond donors (Lipinski definition) is 1. The molecule has 3 rings (SSSR count). The highest BCUT2D eigenvalue weighted by molar-refractivity contribution is 6.19. The first-order valence-electron chi connectivity index (χ1n) is 7.05. The number of carbonyl (C=O) groups is 2. The van der Waals surface area contributed by atoms with E-state index in [2.05, 4.69) is 5.32 Å². The normalized spacial score (nSPS) is 24.4. The zero-order valence-corrected chi connectivity index (χ0v) is 11.5. The van der Waals surface area contributed by atoms with Crippen LogP contribution in [0.25, 0.3) is 0 Å². The monoisotopic (exact) mass is 274 g/mol. The van der Waals surface area contributed by atoms with Crippen molar-refractivity contribution in [3.8, 4) is 0 Å². The largest absolute Gasteiger partial charge is 0.464 e. The number of piperidine rings is 1. The minimum absolute atomic E-state index is 0.269. The van der Waals surface area contributed by atoms with Gasteiger partial charge in [0, 0.05) is 6.54 Å². The molecule has 1 N–H and O–H groups in total. The standard InChI is InChI=1S/C15H18N2O3/c1-2-20-14(19)15-9-5-6-10-17(15)12-8-4-3-7-11(12)16-13(15)18/h3-4,7-8H,2,5-6,9-10H2,1H3,(H,16,18). The number of amides is 1. The molecule has 0 bridgehead atoms. The van der Waals surface area contributed by atoms with Crippen molar-refractivity contribution >= 4 is 23.3 Å². The lowest BCUT2D eigenvalue weighted by molar-refractivity contribution is -0.154. The maximum Gasteiger partial charge on any atom is 0.341 e. The van der Waals surface area contributed by atoms with Crippen molar-refractivity contribution in [1.82, 2.24) is 0 Å². The van der Waals surface area contributed by atoms with E-state index in [1.807, 2.05) is 29.2 Å². The number of para-hydroxylation sites is 2. The van der Waals surface area contributed by atoms with Crippen LogP contribution in [0.4, 0.5) is 11.4 Å². The van der Waals surface area contributed by atoms with Gasteiger partial charge in [-0.2, -0.15) is 0 Å². The number of esters is 1. The van der Waals surface area contributed by atoms with Crippen LogP contribution in [0.1, 0.15) is 26.2 Å². The van der Waals surface area contributed by atoms with E-state index in [-0.39, 0.29) is 12.5 Å². The van der Waals surface area contributed by atoms with Crippen LogP contribution in [0.2, 0.25) is 0 Å². The van der Waals surface area contributed by atoms with Crippen molar-refractivity contribution in [2.45, 2.75) is 31.7 Å². The lowest BCUT2D eigenvalue weighted by Gasteiger charge is -2.48. The molecule has 1 atom stereocenters. The van der Waals surface area contributed by atoms with Gasteiger partial charge in [0.2, 0.25) is 5.54 Å². The molecule has 1 unspecified atom stereocenters. The minimum Gasteiger partial charge on any atom is -0.464 e. The first kappa shape index (κ1) is 13.0. The summed E-state index contributed by atoms with van der Waals surface area (Å²) in [5, 5.41) is 2.86. The molecule has 5 nitrogen and oxygen atoms in total. The Morgan fingerprint density at radius 2 is 2.20 bits per heavy atom. The predicted molar refractivity (Wildman–Crippen MR) is 75.6 cm³/mol. The molecule has 2 aliphatic rings. The second kappa shape index (κ2) is 4.81. The number of benzene rings is 1. The lowest BCUT2D eigenvalue weighted by atomic mass is 9.83. The Hall–Kier alpha value is -2.04. The fraction of sp³-hybridized carbons (Fsp3) is 0.467. The van der Waals surface area contributed by atoms with Gasteiger partial charge in [-0.1, -0.05) is 12.1 Å². The Labute approximate surface area is 117 Å². The second-order valence-electron chi connectivity index (χ2n) is 5.16. The molecule has 20 heavy (non-hydrogen) atoms. The molecule has 1 aromatic rings. The number of ether oxygens (including phenoxy) is 1. The van der Waals surface area contributed by atoms with E-state index in [1.165, 1.54) is 0 Å². The number of carbonyl (C=O) groups excluding carboxylic acids is 2. The Bertz CT molecular complexity index is 558. The minimum atomic E-state index is -1.19. The highest BCUT2D eigenvalue weighted by atomic mass is 16.5. The maximum absolute atomic E-state index is 12.6. The van der Waals surface area contributed by atoms with Gasteiger partial charge in [0.25, 0.3) is 5.91 Å². The van der Waals surface area contributed by atoms with Gasteiger partial charge in [-0.05, 0) is 38.3 Å². The average molecular weight is 274 g/mol. The smallest absolute Gasteiger partial charge is 0.341 e. The number of fused-ring (bicyclic) bond motifs is 3. The van der Waals surface area contributed by atoms with E-state index in [1.54, 1.807) is 6.92 Å². The molecule has 1 amide bonds. The summed E-state index contributed by atoms with van der Waals surface area (Å²) in [4.78, 5) is 26.9. The number of nitrogens with one attached hydrogen (secondary N) is 1. The van der Waals surface area contributed by atoms with Crippen molar-refractivity contribution in [3.05, 3.63) is 24.3 Å². The van der Waals surface area contributed by atoms with E-state index in [9.17, 15) is 9.59 Å². The van der Waals surface area contributed by atoms with Gasteiger partial charge >= 0.3 is 5.97 Å². The number of anilines is 2. The summed E-state index contributed by atoms with van der Waals surface area (Å²) in [6.07, 6.45) is 2.33. The van der Waals surface area contributed by atoms with Crippen molar-refractivity contribution in [2.24, 2.45) is 0 Å². The fourth-order valence-electron chi connectivity index (χ4n) is 3.13. The molecule has 1 aromatic carbocycles. The Morgan fingerprint density at radius 3 is 3.00 bits per heavy atom. The van der Waals surface area contributed by atoms with Gasteiger partial charge in [-0.25, -0.2) is 4.79 Å². The molecule has 2 heterocycles. The molecule has 5 heteroatoms. The van der Waals surface area contributed by atoms with Gasteiger partial charge in [0.15, 0.2) is 0 Å². The van der Waals surface area contributed by atoms with Crippen molar-refractivity contribution in [1.29, 1.82) is 0 Å². The lowest BCUT2D eigenvalue weighted by Crippen LogP contribution is -2.67. The van der Waals surface area contributed by atoms with Crippen molar-refractivity contribution < 1.29 is 14.3 Å².